The van der Waals surface area contributed by atoms with Crippen LogP contribution in [0.15, 0.2) is 29.3 Å². The fourth-order valence-electron chi connectivity index (χ4n) is 3.97. The van der Waals surface area contributed by atoms with Crippen LogP contribution in [0, 0.1) is 0 Å². The van der Waals surface area contributed by atoms with Crippen molar-refractivity contribution in [1.29, 1.82) is 0 Å². The van der Waals surface area contributed by atoms with Gasteiger partial charge in [-0.15, -0.1) is 0 Å². The van der Waals surface area contributed by atoms with E-state index in [-0.39, 0.29) is 44.1 Å². The smallest absolute Gasteiger partial charge is 0.326 e. The number of carboxylic acids is 1. The van der Waals surface area contributed by atoms with E-state index in [1.54, 1.807) is 12.1 Å². The zero-order valence-corrected chi connectivity index (χ0v) is 20.4. The average molecular weight is 522 g/mol. The fourth-order valence-corrected chi connectivity index (χ4v) is 3.97. The Morgan fingerprint density at radius 1 is 1.11 bits per heavy atom. The highest BCUT2D eigenvalue weighted by molar-refractivity contribution is 5.94. The molecule has 0 radical (unpaired) electrons. The first-order valence-electron chi connectivity index (χ1n) is 11.9. The third-order valence-electron chi connectivity index (χ3n) is 5.92. The Balaban J connectivity index is 2.18. The first-order chi connectivity index (χ1) is 17.5. The summed E-state index contributed by atoms with van der Waals surface area (Å²) in [4.78, 5) is 55.6. The van der Waals surface area contributed by atoms with Crippen molar-refractivity contribution in [2.75, 3.05) is 19.7 Å². The summed E-state index contributed by atoms with van der Waals surface area (Å²) in [6.45, 7) is -0.122. The molecule has 37 heavy (non-hydrogen) atoms. The SMILES string of the molecule is NC(N)=NCCCC(NC(=O)C(Cc1ccc(O)cc1)NC(=O)C1CCCN1C(=O)C(N)CO)C(=O)O. The van der Waals surface area contributed by atoms with Gasteiger partial charge in [0.25, 0.3) is 0 Å². The number of aliphatic hydroxyl groups is 1. The molecular weight excluding hydrogens is 486 g/mol. The number of amides is 3. The summed E-state index contributed by atoms with van der Waals surface area (Å²) in [7, 11) is 0. The summed E-state index contributed by atoms with van der Waals surface area (Å²) in [6, 6.07) is 1.48. The van der Waals surface area contributed by atoms with E-state index in [4.69, 9.17) is 17.2 Å². The number of aromatic hydroxyl groups is 1. The quantitative estimate of drug-likeness (QED) is 0.0760. The number of nitrogens with zero attached hydrogens (tertiary/aromatic N) is 2. The Labute approximate surface area is 213 Å². The van der Waals surface area contributed by atoms with E-state index in [1.807, 2.05) is 0 Å². The average Bonchev–Trinajstić information content (AvgIpc) is 3.35. The van der Waals surface area contributed by atoms with E-state index in [1.165, 1.54) is 17.0 Å². The van der Waals surface area contributed by atoms with Gasteiger partial charge in [0, 0.05) is 19.5 Å². The number of benzene rings is 1. The van der Waals surface area contributed by atoms with Gasteiger partial charge < -0.3 is 48.1 Å². The van der Waals surface area contributed by atoms with E-state index in [0.717, 1.165) is 0 Å². The summed E-state index contributed by atoms with van der Waals surface area (Å²) < 4.78 is 0. The number of nitrogens with one attached hydrogen (secondary N) is 2. The summed E-state index contributed by atoms with van der Waals surface area (Å²) >= 11 is 0. The van der Waals surface area contributed by atoms with Crippen LogP contribution in [0.4, 0.5) is 0 Å². The van der Waals surface area contributed by atoms with Crippen molar-refractivity contribution in [3.63, 3.8) is 0 Å². The molecule has 1 fully saturated rings. The molecule has 4 atom stereocenters. The number of carbonyl (C=O) groups is 4. The van der Waals surface area contributed by atoms with Crippen LogP contribution in [-0.4, -0.2) is 93.7 Å². The van der Waals surface area contributed by atoms with Gasteiger partial charge in [0.15, 0.2) is 5.96 Å². The molecule has 1 aromatic carbocycles. The standard InChI is InChI=1S/C23H35N7O7/c24-15(12-31)21(35)30-10-2-4-18(30)20(34)29-17(11-13-5-7-14(32)8-6-13)19(33)28-16(22(36)37)3-1-9-27-23(25)26/h5-8,15-18,31-32H,1-4,9-12,24H2,(H,28,33)(H,29,34)(H,36,37)(H4,25,26,27). The fraction of sp³-hybridized carbons (Fsp3) is 0.522. The Morgan fingerprint density at radius 3 is 2.38 bits per heavy atom. The lowest BCUT2D eigenvalue weighted by molar-refractivity contribution is -0.143. The summed E-state index contributed by atoms with van der Waals surface area (Å²) in [6.07, 6.45) is 1.20. The Hall–Kier alpha value is -3.91. The summed E-state index contributed by atoms with van der Waals surface area (Å²) in [5.74, 6) is -3.30. The zero-order chi connectivity index (χ0) is 27.5. The number of likely N-dealkylation sites (tertiary alicyclic amines) is 1. The van der Waals surface area contributed by atoms with Crippen molar-refractivity contribution in [2.24, 2.45) is 22.2 Å². The molecule has 4 unspecified atom stereocenters. The van der Waals surface area contributed by atoms with Crippen LogP contribution in [0.5, 0.6) is 5.75 Å². The number of rotatable bonds is 13. The summed E-state index contributed by atoms with van der Waals surface area (Å²) in [5.41, 5.74) is 16.8. The molecule has 1 saturated heterocycles. The van der Waals surface area contributed by atoms with Crippen LogP contribution in [-0.2, 0) is 25.6 Å². The number of aliphatic hydroxyl groups excluding tert-OH is 1. The number of nitrogens with two attached hydrogens (primary N) is 3. The molecule has 0 spiro atoms. The molecule has 1 aliphatic heterocycles. The van der Waals surface area contributed by atoms with E-state index in [2.05, 4.69) is 15.6 Å². The highest BCUT2D eigenvalue weighted by atomic mass is 16.4. The maximum Gasteiger partial charge on any atom is 0.326 e. The van der Waals surface area contributed by atoms with Crippen molar-refractivity contribution in [1.82, 2.24) is 15.5 Å². The molecule has 14 heteroatoms. The van der Waals surface area contributed by atoms with Crippen molar-refractivity contribution < 1.29 is 34.5 Å². The second-order valence-electron chi connectivity index (χ2n) is 8.76. The Bertz CT molecular complexity index is 982. The molecular formula is C23H35N7O7. The molecule has 1 aliphatic rings. The van der Waals surface area contributed by atoms with Crippen molar-refractivity contribution in [2.45, 2.75) is 56.3 Å². The molecule has 0 aromatic heterocycles. The minimum Gasteiger partial charge on any atom is -0.508 e. The first-order valence-corrected chi connectivity index (χ1v) is 11.9. The van der Waals surface area contributed by atoms with E-state index in [0.29, 0.717) is 18.4 Å². The molecule has 2 rings (SSSR count). The molecule has 1 aromatic rings. The number of aliphatic imine (C=N–C) groups is 1. The second-order valence-corrected chi connectivity index (χ2v) is 8.76. The first kappa shape index (κ1) is 29.3. The van der Waals surface area contributed by atoms with Crippen LogP contribution < -0.4 is 27.8 Å². The number of phenols is 1. The maximum atomic E-state index is 13.2. The third-order valence-corrected chi connectivity index (χ3v) is 5.92. The number of aliphatic carboxylic acids is 1. The molecule has 0 bridgehead atoms. The van der Waals surface area contributed by atoms with Gasteiger partial charge in [0.2, 0.25) is 17.7 Å². The Kier molecular flexibility index (Phi) is 11.1. The van der Waals surface area contributed by atoms with Gasteiger partial charge in [0.05, 0.1) is 6.61 Å². The van der Waals surface area contributed by atoms with Crippen molar-refractivity contribution in [3.8, 4) is 5.75 Å². The molecule has 11 N–H and O–H groups in total. The topological polar surface area (TPSA) is 247 Å². The number of phenolic OH excluding ortho intramolecular Hbond substituents is 1. The lowest BCUT2D eigenvalue weighted by atomic mass is 10.0. The normalized spacial score (nSPS) is 17.4. The number of hydrogen-bond acceptors (Lipinski definition) is 8. The van der Waals surface area contributed by atoms with Crippen molar-refractivity contribution >= 4 is 29.7 Å². The molecule has 1 heterocycles. The van der Waals surface area contributed by atoms with Gasteiger partial charge in [-0.1, -0.05) is 12.1 Å². The van der Waals surface area contributed by atoms with E-state index < -0.39 is 54.5 Å². The highest BCUT2D eigenvalue weighted by Crippen LogP contribution is 2.19. The van der Waals surface area contributed by atoms with Crippen LogP contribution in [0.3, 0.4) is 0 Å². The van der Waals surface area contributed by atoms with Crippen molar-refractivity contribution in [3.05, 3.63) is 29.8 Å². The van der Waals surface area contributed by atoms with E-state index in [9.17, 15) is 34.5 Å². The van der Waals surface area contributed by atoms with Gasteiger partial charge in [-0.3, -0.25) is 19.4 Å². The van der Waals surface area contributed by atoms with Gasteiger partial charge in [-0.05, 0) is 43.4 Å². The zero-order valence-electron chi connectivity index (χ0n) is 20.4. The van der Waals surface area contributed by atoms with Gasteiger partial charge >= 0.3 is 5.97 Å². The largest absolute Gasteiger partial charge is 0.508 e. The summed E-state index contributed by atoms with van der Waals surface area (Å²) in [5, 5.41) is 33.4. The minimum absolute atomic E-state index is 0.00495. The molecule has 14 nitrogen and oxygen atoms in total. The molecule has 204 valence electrons. The predicted molar refractivity (Wildman–Crippen MR) is 133 cm³/mol. The maximum absolute atomic E-state index is 13.2. The van der Waals surface area contributed by atoms with Gasteiger partial charge in [0.1, 0.15) is 29.9 Å². The monoisotopic (exact) mass is 521 g/mol. The van der Waals surface area contributed by atoms with Crippen LogP contribution in [0.2, 0.25) is 0 Å². The van der Waals surface area contributed by atoms with E-state index >= 15 is 0 Å². The number of carboxylic acid groups (broad SMARTS) is 1. The van der Waals surface area contributed by atoms with Gasteiger partial charge in [-0.2, -0.15) is 0 Å². The number of guanidine groups is 1. The van der Waals surface area contributed by atoms with Crippen LogP contribution >= 0.6 is 0 Å². The Morgan fingerprint density at radius 2 is 1.78 bits per heavy atom. The number of hydrogen-bond donors (Lipinski definition) is 8. The van der Waals surface area contributed by atoms with Gasteiger partial charge in [-0.25, -0.2) is 4.79 Å². The third kappa shape index (κ3) is 8.91. The lowest BCUT2D eigenvalue weighted by Gasteiger charge is -2.28. The predicted octanol–water partition coefficient (Wildman–Crippen LogP) is -2.65. The van der Waals surface area contributed by atoms with Crippen LogP contribution in [0.25, 0.3) is 0 Å². The minimum atomic E-state index is -1.27. The molecule has 0 saturated carbocycles. The number of carbonyl (C=O) groups excluding carboxylic acids is 3. The lowest BCUT2D eigenvalue weighted by Crippen LogP contribution is -2.57. The molecule has 0 aliphatic carbocycles. The molecule has 3 amide bonds. The highest BCUT2D eigenvalue weighted by Gasteiger charge is 2.37. The second kappa shape index (κ2) is 14.0. The van der Waals surface area contributed by atoms with Crippen LogP contribution in [0.1, 0.15) is 31.2 Å².